The van der Waals surface area contributed by atoms with Crippen molar-refractivity contribution in [3.8, 4) is 6.07 Å². The maximum absolute atomic E-state index is 11.9. The summed E-state index contributed by atoms with van der Waals surface area (Å²) in [5, 5.41) is 18.5. The molecule has 0 aromatic heterocycles. The van der Waals surface area contributed by atoms with E-state index in [0.29, 0.717) is 11.4 Å². The van der Waals surface area contributed by atoms with Crippen molar-refractivity contribution < 1.29 is 14.6 Å². The van der Waals surface area contributed by atoms with Crippen LogP contribution >= 0.6 is 0 Å². The van der Waals surface area contributed by atoms with E-state index >= 15 is 0 Å². The summed E-state index contributed by atoms with van der Waals surface area (Å²) in [7, 11) is 0. The predicted molar refractivity (Wildman–Crippen MR) is 75.7 cm³/mol. The van der Waals surface area contributed by atoms with Crippen molar-refractivity contribution in [1.82, 2.24) is 0 Å². The van der Waals surface area contributed by atoms with Gasteiger partial charge in [-0.15, -0.1) is 0 Å². The van der Waals surface area contributed by atoms with Gasteiger partial charge in [0, 0.05) is 0 Å². The molecular formula is C15H16N2O3. The molecule has 0 atom stereocenters. The molecule has 0 fully saturated rings. The Kier molecular flexibility index (Phi) is 5.98. The lowest BCUT2D eigenvalue weighted by Gasteiger charge is -2.08. The molecule has 1 rings (SSSR count). The van der Waals surface area contributed by atoms with E-state index in [-0.39, 0.29) is 24.4 Å². The number of para-hydroxylation sites is 1. The Hall–Kier alpha value is -2.61. The third-order valence-electron chi connectivity index (χ3n) is 2.43. The number of aliphatic hydroxyl groups excluding tert-OH is 1. The number of carbonyl (C=O) groups is 1. The van der Waals surface area contributed by atoms with Crippen LogP contribution in [0.3, 0.4) is 0 Å². The Morgan fingerprint density at radius 2 is 2.05 bits per heavy atom. The largest absolute Gasteiger partial charge is 0.510 e. The van der Waals surface area contributed by atoms with Crippen LogP contribution in [0.1, 0.15) is 20.3 Å². The molecule has 1 aromatic rings. The number of hydrogen-bond acceptors (Lipinski definition) is 5. The highest BCUT2D eigenvalue weighted by Crippen LogP contribution is 2.16. The first-order valence-corrected chi connectivity index (χ1v) is 6.17. The number of aliphatic hydroxyl groups is 1. The van der Waals surface area contributed by atoms with Crippen LogP contribution in [-0.2, 0) is 9.53 Å². The number of rotatable bonds is 5. The number of nitriles is 1. The van der Waals surface area contributed by atoms with Gasteiger partial charge in [0.25, 0.3) is 0 Å². The molecule has 5 nitrogen and oxygen atoms in total. The summed E-state index contributed by atoms with van der Waals surface area (Å²) in [6.45, 7) is 3.44. The van der Waals surface area contributed by atoms with Gasteiger partial charge in [0.2, 0.25) is 0 Å². The van der Waals surface area contributed by atoms with E-state index < -0.39 is 5.97 Å². The molecule has 0 saturated heterocycles. The molecule has 1 N–H and O–H groups in total. The first-order valence-electron chi connectivity index (χ1n) is 6.17. The Morgan fingerprint density at radius 3 is 2.60 bits per heavy atom. The van der Waals surface area contributed by atoms with Crippen LogP contribution < -0.4 is 0 Å². The van der Waals surface area contributed by atoms with Crippen LogP contribution in [-0.4, -0.2) is 23.4 Å². The third kappa shape index (κ3) is 4.25. The molecule has 0 bridgehead atoms. The maximum Gasteiger partial charge on any atom is 0.343 e. The highest BCUT2D eigenvalue weighted by Gasteiger charge is 2.19. The van der Waals surface area contributed by atoms with Gasteiger partial charge >= 0.3 is 5.97 Å². The fourth-order valence-electron chi connectivity index (χ4n) is 1.59. The molecule has 0 spiro atoms. The van der Waals surface area contributed by atoms with Crippen molar-refractivity contribution in [2.75, 3.05) is 6.61 Å². The normalized spacial score (nSPS) is 12.3. The van der Waals surface area contributed by atoms with Crippen molar-refractivity contribution in [2.24, 2.45) is 4.99 Å². The van der Waals surface area contributed by atoms with E-state index in [1.165, 1.54) is 0 Å². The van der Waals surface area contributed by atoms with Gasteiger partial charge in [0.1, 0.15) is 11.3 Å². The molecule has 0 unspecified atom stereocenters. The van der Waals surface area contributed by atoms with E-state index in [1.54, 1.807) is 32.0 Å². The van der Waals surface area contributed by atoms with E-state index in [9.17, 15) is 9.90 Å². The third-order valence-corrected chi connectivity index (χ3v) is 2.43. The number of ether oxygens (including phenoxy) is 1. The summed E-state index contributed by atoms with van der Waals surface area (Å²) in [6, 6.07) is 10.8. The summed E-state index contributed by atoms with van der Waals surface area (Å²) in [6.07, 6.45) is -0.268. The molecule has 5 heteroatoms. The van der Waals surface area contributed by atoms with Crippen molar-refractivity contribution in [2.45, 2.75) is 20.3 Å². The van der Waals surface area contributed by atoms with Gasteiger partial charge in [-0.2, -0.15) is 5.26 Å². The Morgan fingerprint density at radius 1 is 1.40 bits per heavy atom. The SMILES string of the molecule is CCOC(=O)C(C(C)=Nc1ccccc1)=C(O)CC#N. The second-order valence-electron chi connectivity index (χ2n) is 3.91. The summed E-state index contributed by atoms with van der Waals surface area (Å²) in [4.78, 5) is 16.1. The zero-order valence-corrected chi connectivity index (χ0v) is 11.5. The lowest BCUT2D eigenvalue weighted by Crippen LogP contribution is -2.16. The Labute approximate surface area is 117 Å². The van der Waals surface area contributed by atoms with E-state index in [2.05, 4.69) is 4.99 Å². The zero-order chi connectivity index (χ0) is 15.0. The van der Waals surface area contributed by atoms with Gasteiger partial charge in [-0.3, -0.25) is 4.99 Å². The zero-order valence-electron chi connectivity index (χ0n) is 11.5. The summed E-state index contributed by atoms with van der Waals surface area (Å²) in [5.41, 5.74) is 0.899. The number of hydrogen-bond donors (Lipinski definition) is 1. The molecule has 0 aliphatic heterocycles. The first-order chi connectivity index (χ1) is 9.60. The minimum Gasteiger partial charge on any atom is -0.510 e. The molecule has 0 heterocycles. The number of aliphatic imine (C=N–C) groups is 1. The van der Waals surface area contributed by atoms with Crippen LogP contribution in [0.5, 0.6) is 0 Å². The number of esters is 1. The van der Waals surface area contributed by atoms with Gasteiger partial charge in [-0.25, -0.2) is 4.79 Å². The topological polar surface area (TPSA) is 82.7 Å². The molecule has 0 amide bonds. The van der Waals surface area contributed by atoms with Crippen molar-refractivity contribution in [3.63, 3.8) is 0 Å². The van der Waals surface area contributed by atoms with Crippen LogP contribution in [0.15, 0.2) is 46.7 Å². The second kappa shape index (κ2) is 7.74. The molecule has 1 aromatic carbocycles. The number of carbonyl (C=O) groups excluding carboxylic acids is 1. The van der Waals surface area contributed by atoms with Crippen LogP contribution in [0.2, 0.25) is 0 Å². The van der Waals surface area contributed by atoms with E-state index in [4.69, 9.17) is 10.00 Å². The van der Waals surface area contributed by atoms with Crippen LogP contribution in [0.4, 0.5) is 5.69 Å². The molecule has 20 heavy (non-hydrogen) atoms. The second-order valence-corrected chi connectivity index (χ2v) is 3.91. The highest BCUT2D eigenvalue weighted by atomic mass is 16.5. The smallest absolute Gasteiger partial charge is 0.343 e. The first kappa shape index (κ1) is 15.4. The fourth-order valence-corrected chi connectivity index (χ4v) is 1.59. The van der Waals surface area contributed by atoms with Crippen LogP contribution in [0.25, 0.3) is 0 Å². The molecule has 0 saturated carbocycles. The molecule has 0 aliphatic rings. The highest BCUT2D eigenvalue weighted by molar-refractivity contribution is 6.19. The summed E-state index contributed by atoms with van der Waals surface area (Å²) >= 11 is 0. The predicted octanol–water partition coefficient (Wildman–Crippen LogP) is 3.07. The Balaban J connectivity index is 3.18. The monoisotopic (exact) mass is 272 g/mol. The molecular weight excluding hydrogens is 256 g/mol. The van der Waals surface area contributed by atoms with Gasteiger partial charge < -0.3 is 9.84 Å². The van der Waals surface area contributed by atoms with Gasteiger partial charge in [-0.1, -0.05) is 18.2 Å². The number of nitrogens with zero attached hydrogens (tertiary/aromatic N) is 2. The summed E-state index contributed by atoms with van der Waals surface area (Å²) in [5.74, 6) is -1.01. The van der Waals surface area contributed by atoms with Gasteiger partial charge in [0.15, 0.2) is 0 Å². The number of benzene rings is 1. The van der Waals surface area contributed by atoms with Crippen LogP contribution in [0, 0.1) is 11.3 Å². The Bertz CT molecular complexity index is 569. The fraction of sp³-hybridized carbons (Fsp3) is 0.267. The van der Waals surface area contributed by atoms with E-state index in [0.717, 1.165) is 0 Å². The van der Waals surface area contributed by atoms with Gasteiger partial charge in [-0.05, 0) is 26.0 Å². The standard InChI is InChI=1S/C15H16N2O3/c1-3-20-15(19)14(13(18)9-10-16)11(2)17-12-7-5-4-6-8-12/h4-8,18H,3,9H2,1-2H3. The van der Waals surface area contributed by atoms with Gasteiger partial charge in [0.05, 0.1) is 30.5 Å². The minimum atomic E-state index is -0.683. The van der Waals surface area contributed by atoms with Crippen molar-refractivity contribution >= 4 is 17.4 Å². The average Bonchev–Trinajstić information content (AvgIpc) is 2.40. The molecule has 0 aliphatic carbocycles. The van der Waals surface area contributed by atoms with Crippen molar-refractivity contribution in [1.29, 1.82) is 5.26 Å². The minimum absolute atomic E-state index is 0.0581. The lowest BCUT2D eigenvalue weighted by molar-refractivity contribution is -0.138. The maximum atomic E-state index is 11.9. The number of allylic oxidation sites excluding steroid dienone is 1. The van der Waals surface area contributed by atoms with E-state index in [1.807, 2.05) is 18.2 Å². The molecule has 104 valence electrons. The molecule has 0 radical (unpaired) electrons. The summed E-state index contributed by atoms with van der Waals surface area (Å²) < 4.78 is 4.88. The average molecular weight is 272 g/mol. The van der Waals surface area contributed by atoms with Crippen molar-refractivity contribution in [3.05, 3.63) is 41.7 Å². The quantitative estimate of drug-likeness (QED) is 0.386. The lowest BCUT2D eigenvalue weighted by atomic mass is 10.1.